The zero-order chi connectivity index (χ0) is 17.9. The predicted molar refractivity (Wildman–Crippen MR) is 98.3 cm³/mol. The third-order valence-corrected chi connectivity index (χ3v) is 5.64. The number of hydrogen-bond donors (Lipinski definition) is 1. The molecular weight excluding hydrogens is 314 g/mol. The molecule has 0 spiro atoms. The van der Waals surface area contributed by atoms with Gasteiger partial charge >= 0.3 is 0 Å². The van der Waals surface area contributed by atoms with Crippen molar-refractivity contribution < 1.29 is 9.59 Å². The molecule has 25 heavy (non-hydrogen) atoms. The highest BCUT2D eigenvalue weighted by molar-refractivity contribution is 5.95. The second kappa shape index (κ2) is 7.56. The molecule has 2 atom stereocenters. The molecule has 2 aliphatic heterocycles. The fraction of sp³-hybridized carbons (Fsp3) is 0.600. The number of hydrogen-bond acceptors (Lipinski definition) is 3. The summed E-state index contributed by atoms with van der Waals surface area (Å²) < 4.78 is 0. The van der Waals surface area contributed by atoms with E-state index in [0.29, 0.717) is 18.2 Å². The number of likely N-dealkylation sites (N-methyl/N-ethyl adjacent to an activating group) is 1. The Morgan fingerprint density at radius 2 is 1.84 bits per heavy atom. The van der Waals surface area contributed by atoms with Crippen LogP contribution >= 0.6 is 0 Å². The first kappa shape index (κ1) is 17.9. The molecule has 1 aromatic rings. The summed E-state index contributed by atoms with van der Waals surface area (Å²) in [6.07, 6.45) is 3.89. The Morgan fingerprint density at radius 1 is 1.12 bits per heavy atom. The molecule has 0 bridgehead atoms. The number of rotatable bonds is 3. The summed E-state index contributed by atoms with van der Waals surface area (Å²) in [6, 6.07) is 9.75. The smallest absolute Gasteiger partial charge is 0.253 e. The lowest BCUT2D eigenvalue weighted by molar-refractivity contribution is -0.145. The number of nitrogens with zero attached hydrogens (tertiary/aromatic N) is 2. The van der Waals surface area contributed by atoms with Crippen molar-refractivity contribution in [2.45, 2.75) is 38.6 Å². The van der Waals surface area contributed by atoms with Crippen LogP contribution in [0.2, 0.25) is 0 Å². The summed E-state index contributed by atoms with van der Waals surface area (Å²) in [7, 11) is 1.96. The summed E-state index contributed by atoms with van der Waals surface area (Å²) in [4.78, 5) is 29.8. The van der Waals surface area contributed by atoms with Crippen LogP contribution in [-0.2, 0) is 4.79 Å². The first-order chi connectivity index (χ1) is 12.0. The van der Waals surface area contributed by atoms with Crippen LogP contribution in [0.5, 0.6) is 0 Å². The maximum atomic E-state index is 13.2. The van der Waals surface area contributed by atoms with Crippen molar-refractivity contribution in [3.8, 4) is 0 Å². The predicted octanol–water partition coefficient (Wildman–Crippen LogP) is 2.14. The van der Waals surface area contributed by atoms with E-state index in [9.17, 15) is 9.59 Å². The highest BCUT2D eigenvalue weighted by Crippen LogP contribution is 2.33. The minimum atomic E-state index is -0.474. The third kappa shape index (κ3) is 3.87. The third-order valence-electron chi connectivity index (χ3n) is 5.64. The molecule has 1 aromatic carbocycles. The maximum Gasteiger partial charge on any atom is 0.253 e. The van der Waals surface area contributed by atoms with E-state index in [1.807, 2.05) is 54.1 Å². The lowest BCUT2D eigenvalue weighted by Gasteiger charge is -2.44. The SMILES string of the molecule is CNC1CCCN(C(=O)C2(C)CCCN(C(=O)c3ccccc3)C2)C1. The average Bonchev–Trinajstić information content (AvgIpc) is 2.67. The first-order valence-electron chi connectivity index (χ1n) is 9.34. The molecule has 5 nitrogen and oxygen atoms in total. The van der Waals surface area contributed by atoms with Crippen molar-refractivity contribution in [2.24, 2.45) is 5.41 Å². The van der Waals surface area contributed by atoms with Gasteiger partial charge in [0.2, 0.25) is 5.91 Å². The fourth-order valence-corrected chi connectivity index (χ4v) is 4.13. The largest absolute Gasteiger partial charge is 0.341 e. The van der Waals surface area contributed by atoms with Gasteiger partial charge in [0.1, 0.15) is 0 Å². The standard InChI is InChI=1S/C20H29N3O2/c1-20(19(25)22-12-6-10-17(14-22)21-2)11-7-13-23(15-20)18(24)16-8-4-3-5-9-16/h3-5,8-9,17,21H,6-7,10-15H2,1-2H3. The molecular formula is C20H29N3O2. The number of piperidine rings is 2. The number of amides is 2. The van der Waals surface area contributed by atoms with E-state index in [0.717, 1.165) is 45.3 Å². The van der Waals surface area contributed by atoms with Gasteiger partial charge in [-0.3, -0.25) is 9.59 Å². The fourth-order valence-electron chi connectivity index (χ4n) is 4.13. The number of nitrogens with one attached hydrogen (secondary N) is 1. The number of carbonyl (C=O) groups is 2. The van der Waals surface area contributed by atoms with E-state index in [1.54, 1.807) is 0 Å². The Morgan fingerprint density at radius 3 is 2.56 bits per heavy atom. The first-order valence-corrected chi connectivity index (χ1v) is 9.34. The van der Waals surface area contributed by atoms with Crippen LogP contribution in [0.25, 0.3) is 0 Å². The molecule has 1 N–H and O–H groups in total. The lowest BCUT2D eigenvalue weighted by Crippen LogP contribution is -2.56. The lowest BCUT2D eigenvalue weighted by atomic mass is 9.79. The number of benzene rings is 1. The summed E-state index contributed by atoms with van der Waals surface area (Å²) in [5.74, 6) is 0.240. The van der Waals surface area contributed by atoms with Gasteiger partial charge in [-0.05, 0) is 51.8 Å². The second-order valence-corrected chi connectivity index (χ2v) is 7.64. The molecule has 2 heterocycles. The molecule has 2 amide bonds. The molecule has 0 saturated carbocycles. The van der Waals surface area contributed by atoms with Crippen LogP contribution in [0.4, 0.5) is 0 Å². The van der Waals surface area contributed by atoms with Gasteiger partial charge < -0.3 is 15.1 Å². The van der Waals surface area contributed by atoms with Crippen molar-refractivity contribution in [1.82, 2.24) is 15.1 Å². The van der Waals surface area contributed by atoms with E-state index in [-0.39, 0.29) is 11.8 Å². The minimum absolute atomic E-state index is 0.0334. The van der Waals surface area contributed by atoms with Gasteiger partial charge in [-0.25, -0.2) is 0 Å². The van der Waals surface area contributed by atoms with Crippen LogP contribution in [-0.4, -0.2) is 60.9 Å². The van der Waals surface area contributed by atoms with Crippen molar-refractivity contribution in [3.63, 3.8) is 0 Å². The Hall–Kier alpha value is -1.88. The topological polar surface area (TPSA) is 52.7 Å². The molecule has 0 radical (unpaired) electrons. The van der Waals surface area contributed by atoms with Crippen molar-refractivity contribution in [1.29, 1.82) is 0 Å². The van der Waals surface area contributed by atoms with Crippen LogP contribution in [0, 0.1) is 5.41 Å². The van der Waals surface area contributed by atoms with Crippen molar-refractivity contribution in [2.75, 3.05) is 33.2 Å². The molecule has 5 heteroatoms. The Labute approximate surface area is 150 Å². The molecule has 2 saturated heterocycles. The van der Waals surface area contributed by atoms with E-state index in [2.05, 4.69) is 5.32 Å². The maximum absolute atomic E-state index is 13.2. The van der Waals surface area contributed by atoms with Crippen LogP contribution in [0.3, 0.4) is 0 Å². The summed E-state index contributed by atoms with van der Waals surface area (Å²) in [5, 5.41) is 3.29. The van der Waals surface area contributed by atoms with Crippen molar-refractivity contribution in [3.05, 3.63) is 35.9 Å². The van der Waals surface area contributed by atoms with Gasteiger partial charge in [0, 0.05) is 37.8 Å². The van der Waals surface area contributed by atoms with Crippen LogP contribution < -0.4 is 5.32 Å². The molecule has 0 aliphatic carbocycles. The van der Waals surface area contributed by atoms with Gasteiger partial charge in [0.05, 0.1) is 5.41 Å². The quantitative estimate of drug-likeness (QED) is 0.915. The van der Waals surface area contributed by atoms with Crippen molar-refractivity contribution >= 4 is 11.8 Å². The highest BCUT2D eigenvalue weighted by atomic mass is 16.2. The number of likely N-dealkylation sites (tertiary alicyclic amines) is 2. The van der Waals surface area contributed by atoms with Gasteiger partial charge in [-0.1, -0.05) is 18.2 Å². The molecule has 2 unspecified atom stereocenters. The zero-order valence-electron chi connectivity index (χ0n) is 15.3. The monoisotopic (exact) mass is 343 g/mol. The summed E-state index contributed by atoms with van der Waals surface area (Å²) in [5.41, 5.74) is 0.227. The second-order valence-electron chi connectivity index (χ2n) is 7.64. The molecule has 3 rings (SSSR count). The van der Waals surface area contributed by atoms with Gasteiger partial charge in [-0.15, -0.1) is 0 Å². The Bertz CT molecular complexity index is 619. The summed E-state index contributed by atoms with van der Waals surface area (Å²) in [6.45, 7) is 4.88. The van der Waals surface area contributed by atoms with E-state index < -0.39 is 5.41 Å². The normalized spacial score (nSPS) is 27.2. The highest BCUT2D eigenvalue weighted by Gasteiger charge is 2.42. The molecule has 0 aromatic heterocycles. The van der Waals surface area contributed by atoms with Crippen LogP contribution in [0.15, 0.2) is 30.3 Å². The Balaban J connectivity index is 1.70. The zero-order valence-corrected chi connectivity index (χ0v) is 15.3. The molecule has 2 aliphatic rings. The van der Waals surface area contributed by atoms with Crippen LogP contribution in [0.1, 0.15) is 43.0 Å². The van der Waals surface area contributed by atoms with E-state index in [4.69, 9.17) is 0 Å². The summed E-state index contributed by atoms with van der Waals surface area (Å²) >= 11 is 0. The minimum Gasteiger partial charge on any atom is -0.341 e. The Kier molecular flexibility index (Phi) is 5.42. The molecule has 136 valence electrons. The number of carbonyl (C=O) groups excluding carboxylic acids is 2. The average molecular weight is 343 g/mol. The van der Waals surface area contributed by atoms with E-state index >= 15 is 0 Å². The van der Waals surface area contributed by atoms with Gasteiger partial charge in [-0.2, -0.15) is 0 Å². The van der Waals surface area contributed by atoms with Gasteiger partial charge in [0.25, 0.3) is 5.91 Å². The van der Waals surface area contributed by atoms with E-state index in [1.165, 1.54) is 0 Å². The molecule has 2 fully saturated rings. The van der Waals surface area contributed by atoms with Gasteiger partial charge in [0.15, 0.2) is 0 Å².